The van der Waals surface area contributed by atoms with Crippen LogP contribution in [0.4, 0.5) is 31.1 Å². The number of benzene rings is 3. The van der Waals surface area contributed by atoms with Gasteiger partial charge in [-0.2, -0.15) is 26.3 Å². The Labute approximate surface area is 253 Å². The lowest BCUT2D eigenvalue weighted by Crippen LogP contribution is -2.53. The molecule has 0 aliphatic carbocycles. The van der Waals surface area contributed by atoms with Crippen LogP contribution in [0.2, 0.25) is 0 Å². The highest BCUT2D eigenvalue weighted by Crippen LogP contribution is 2.50. The van der Waals surface area contributed by atoms with Crippen LogP contribution in [0.15, 0.2) is 66.7 Å². The first kappa shape index (κ1) is 33.4. The van der Waals surface area contributed by atoms with Crippen LogP contribution in [-0.4, -0.2) is 57.7 Å². The van der Waals surface area contributed by atoms with Crippen LogP contribution in [0.1, 0.15) is 42.0 Å². The number of rotatable bonds is 11. The summed E-state index contributed by atoms with van der Waals surface area (Å²) in [5.74, 6) is -1.44. The number of alkyl halides is 6. The number of halogens is 6. The predicted octanol–water partition coefficient (Wildman–Crippen LogP) is 5.82. The molecule has 1 atom stereocenters. The van der Waals surface area contributed by atoms with Crippen molar-refractivity contribution in [1.82, 2.24) is 10.2 Å². The maximum absolute atomic E-state index is 13.5. The Hall–Kier alpha value is -4.46. The van der Waals surface area contributed by atoms with Crippen molar-refractivity contribution < 1.29 is 56.0 Å². The summed E-state index contributed by atoms with van der Waals surface area (Å²) in [4.78, 5) is 26.6. The van der Waals surface area contributed by atoms with Gasteiger partial charge in [-0.3, -0.25) is 9.69 Å². The van der Waals surface area contributed by atoms with Crippen LogP contribution >= 0.6 is 0 Å². The molecule has 1 aliphatic heterocycles. The number of ether oxygens (including phenoxy) is 1. The molecule has 1 aliphatic rings. The third kappa shape index (κ3) is 6.65. The Morgan fingerprint density at radius 2 is 1.51 bits per heavy atom. The van der Waals surface area contributed by atoms with Gasteiger partial charge < -0.3 is 25.4 Å². The molecular weight excluding hydrogens is 610 g/mol. The minimum absolute atomic E-state index is 0.00678. The average Bonchev–Trinajstić information content (AvgIpc) is 3.20. The molecule has 3 amide bonds. The molecule has 0 spiro atoms. The van der Waals surface area contributed by atoms with E-state index < -0.39 is 52.5 Å². The van der Waals surface area contributed by atoms with Gasteiger partial charge in [0.1, 0.15) is 11.3 Å². The lowest BCUT2D eigenvalue weighted by Gasteiger charge is -2.33. The second-order valence-electron chi connectivity index (χ2n) is 10.8. The van der Waals surface area contributed by atoms with E-state index in [2.05, 4.69) is 5.32 Å². The number of aliphatic hydroxyl groups is 1. The van der Waals surface area contributed by atoms with Gasteiger partial charge in [-0.25, -0.2) is 4.79 Å². The summed E-state index contributed by atoms with van der Waals surface area (Å²) in [5, 5.41) is 31.8. The molecular formula is C31H30F6N2O6. The summed E-state index contributed by atoms with van der Waals surface area (Å²) in [6.07, 6.45) is -11.3. The molecule has 0 bridgehead atoms. The summed E-state index contributed by atoms with van der Waals surface area (Å²) in [5.41, 5.74) is -6.93. The number of nitrogens with one attached hydrogen (secondary N) is 1. The second-order valence-corrected chi connectivity index (χ2v) is 10.8. The standard InChI is InChI=1S/C31H30F6N2O6/c1-28(21-11-13-23(40)24(41)18-21)26(42)39(27(43)38-28)15-5-6-16-45-25-14-12-22(29(44,30(32,33)34)31(35,36)37)17-20(25)10-9-19-7-3-2-4-8-19/h2-4,7-8,11-14,17-18,40-41,44H,5-6,9-10,15-16H2,1H3,(H,38,43). The van der Waals surface area contributed by atoms with E-state index in [1.54, 1.807) is 30.3 Å². The number of aryl methyl sites for hydroxylation is 2. The van der Waals surface area contributed by atoms with Crippen LogP contribution in [-0.2, 0) is 28.8 Å². The Bertz CT molecular complexity index is 1530. The van der Waals surface area contributed by atoms with Crippen LogP contribution in [0, 0.1) is 0 Å². The van der Waals surface area contributed by atoms with Gasteiger partial charge in [0.25, 0.3) is 11.5 Å². The third-order valence-corrected chi connectivity index (χ3v) is 7.69. The molecule has 45 heavy (non-hydrogen) atoms. The van der Waals surface area contributed by atoms with E-state index in [-0.39, 0.29) is 55.7 Å². The summed E-state index contributed by atoms with van der Waals surface area (Å²) < 4.78 is 87.0. The van der Waals surface area contributed by atoms with Crippen molar-refractivity contribution >= 4 is 11.9 Å². The number of nitrogens with zero attached hydrogens (tertiary/aromatic N) is 1. The van der Waals surface area contributed by atoms with Gasteiger partial charge in [-0.05, 0) is 73.6 Å². The van der Waals surface area contributed by atoms with Gasteiger partial charge >= 0.3 is 18.4 Å². The van der Waals surface area contributed by atoms with E-state index in [1.165, 1.54) is 19.1 Å². The molecule has 4 N–H and O–H groups in total. The number of unbranched alkanes of at least 4 members (excludes halogenated alkanes) is 1. The molecule has 1 saturated heterocycles. The fourth-order valence-electron chi connectivity index (χ4n) is 5.04. The molecule has 0 radical (unpaired) electrons. The van der Waals surface area contributed by atoms with E-state index >= 15 is 0 Å². The Balaban J connectivity index is 1.45. The molecule has 0 aromatic heterocycles. The first-order valence-electron chi connectivity index (χ1n) is 13.8. The van der Waals surface area contributed by atoms with Gasteiger partial charge in [0, 0.05) is 12.1 Å². The average molecular weight is 641 g/mol. The highest BCUT2D eigenvalue weighted by atomic mass is 19.4. The molecule has 8 nitrogen and oxygen atoms in total. The number of phenolic OH excluding ortho intramolecular Hbond substituents is 2. The van der Waals surface area contributed by atoms with Crippen LogP contribution in [0.25, 0.3) is 0 Å². The van der Waals surface area contributed by atoms with Gasteiger partial charge in [0.05, 0.1) is 6.61 Å². The maximum Gasteiger partial charge on any atom is 0.430 e. The zero-order valence-electron chi connectivity index (χ0n) is 23.9. The molecule has 3 aromatic carbocycles. The van der Waals surface area contributed by atoms with Crippen molar-refractivity contribution in [3.63, 3.8) is 0 Å². The number of aromatic hydroxyl groups is 2. The van der Waals surface area contributed by atoms with Gasteiger partial charge in [-0.1, -0.05) is 42.5 Å². The van der Waals surface area contributed by atoms with E-state index in [1.807, 2.05) is 0 Å². The van der Waals surface area contributed by atoms with Crippen LogP contribution in [0.3, 0.4) is 0 Å². The summed E-state index contributed by atoms with van der Waals surface area (Å²) in [7, 11) is 0. The molecule has 14 heteroatoms. The lowest BCUT2D eigenvalue weighted by molar-refractivity contribution is -0.376. The number of phenols is 2. The SMILES string of the molecule is CC1(c2ccc(O)c(O)c2)NC(=O)N(CCCCOc2ccc(C(O)(C(F)(F)F)C(F)(F)F)cc2CCc2ccccc2)C1=O. The summed E-state index contributed by atoms with van der Waals surface area (Å²) in [6, 6.07) is 13.9. The van der Waals surface area contributed by atoms with Crippen LogP contribution < -0.4 is 10.1 Å². The van der Waals surface area contributed by atoms with E-state index in [9.17, 15) is 51.3 Å². The number of carbonyl (C=O) groups is 2. The van der Waals surface area contributed by atoms with E-state index in [0.717, 1.165) is 22.6 Å². The minimum atomic E-state index is -6.04. The first-order chi connectivity index (χ1) is 21.0. The molecule has 242 valence electrons. The van der Waals surface area contributed by atoms with Crippen LogP contribution in [0.5, 0.6) is 17.2 Å². The quantitative estimate of drug-likeness (QED) is 0.0908. The fraction of sp³-hybridized carbons (Fsp3) is 0.355. The summed E-state index contributed by atoms with van der Waals surface area (Å²) in [6.45, 7) is 1.37. The highest BCUT2D eigenvalue weighted by Gasteiger charge is 2.71. The van der Waals surface area contributed by atoms with E-state index in [0.29, 0.717) is 12.1 Å². The number of urea groups is 1. The Kier molecular flexibility index (Phi) is 9.29. The number of amides is 3. The predicted molar refractivity (Wildman–Crippen MR) is 148 cm³/mol. The Morgan fingerprint density at radius 3 is 2.13 bits per heavy atom. The molecule has 1 heterocycles. The zero-order valence-corrected chi connectivity index (χ0v) is 23.9. The Morgan fingerprint density at radius 1 is 0.844 bits per heavy atom. The van der Waals surface area contributed by atoms with Crippen molar-refractivity contribution in [3.8, 4) is 17.2 Å². The van der Waals surface area contributed by atoms with Gasteiger partial charge in [0.15, 0.2) is 11.5 Å². The van der Waals surface area contributed by atoms with Crippen molar-refractivity contribution in [1.29, 1.82) is 0 Å². The largest absolute Gasteiger partial charge is 0.504 e. The van der Waals surface area contributed by atoms with Crippen molar-refractivity contribution in [3.05, 3.63) is 89.0 Å². The van der Waals surface area contributed by atoms with E-state index in [4.69, 9.17) is 4.74 Å². The van der Waals surface area contributed by atoms with Crippen molar-refractivity contribution in [2.45, 2.75) is 56.1 Å². The first-order valence-corrected chi connectivity index (χ1v) is 13.8. The van der Waals surface area contributed by atoms with Crippen molar-refractivity contribution in [2.24, 2.45) is 0 Å². The molecule has 1 unspecified atom stereocenters. The second kappa shape index (κ2) is 12.5. The summed E-state index contributed by atoms with van der Waals surface area (Å²) >= 11 is 0. The number of hydrogen-bond acceptors (Lipinski definition) is 6. The number of imide groups is 1. The normalized spacial score (nSPS) is 17.5. The topological polar surface area (TPSA) is 119 Å². The molecule has 3 aromatic rings. The maximum atomic E-state index is 13.5. The lowest BCUT2D eigenvalue weighted by atomic mass is 9.89. The number of hydrogen-bond donors (Lipinski definition) is 4. The number of carbonyl (C=O) groups excluding carboxylic acids is 2. The zero-order chi connectivity index (χ0) is 33.2. The van der Waals surface area contributed by atoms with Gasteiger partial charge in [-0.15, -0.1) is 0 Å². The highest BCUT2D eigenvalue weighted by molar-refractivity contribution is 6.07. The van der Waals surface area contributed by atoms with Gasteiger partial charge in [0.2, 0.25) is 0 Å². The monoisotopic (exact) mass is 640 g/mol. The fourth-order valence-corrected chi connectivity index (χ4v) is 5.04. The minimum Gasteiger partial charge on any atom is -0.504 e. The molecule has 4 rings (SSSR count). The molecule has 0 saturated carbocycles. The third-order valence-electron chi connectivity index (χ3n) is 7.69. The smallest absolute Gasteiger partial charge is 0.430 e. The van der Waals surface area contributed by atoms with Crippen molar-refractivity contribution in [2.75, 3.05) is 13.2 Å². The molecule has 1 fully saturated rings.